The first-order chi connectivity index (χ1) is 56.9. The largest absolute Gasteiger partial charge is 0.311 e. The molecule has 0 saturated carbocycles. The van der Waals surface area contributed by atoms with Crippen LogP contribution in [0.3, 0.4) is 0 Å². The smallest absolute Gasteiger partial charge is 0.252 e. The third kappa shape index (κ3) is 11.5. The monoisotopic (exact) mass is 1500 g/mol. The summed E-state index contributed by atoms with van der Waals surface area (Å²) in [6.07, 6.45) is 4.66. The molecule has 0 radical (unpaired) electrons. The predicted octanol–water partition coefficient (Wildman–Crippen LogP) is 28.3. The molecule has 4 heterocycles. The van der Waals surface area contributed by atoms with Gasteiger partial charge in [-0.15, -0.1) is 0 Å². The molecule has 0 N–H and O–H groups in total. The van der Waals surface area contributed by atoms with Gasteiger partial charge in [-0.25, -0.2) is 0 Å². The lowest BCUT2D eigenvalue weighted by Gasteiger charge is -2.44. The van der Waals surface area contributed by atoms with Crippen LogP contribution in [0.15, 0.2) is 358 Å². The molecule has 562 valence electrons. The van der Waals surface area contributed by atoms with Crippen LogP contribution >= 0.6 is 0 Å². The molecule has 22 rings (SSSR count). The highest BCUT2D eigenvalue weighted by molar-refractivity contribution is 7.00. The second-order valence-electron chi connectivity index (χ2n) is 36.1. The van der Waals surface area contributed by atoms with E-state index in [2.05, 4.69) is 432 Å². The molecule has 2 aromatic heterocycles. The molecule has 4 nitrogen and oxygen atoms in total. The normalized spacial score (nSPS) is 15.3. The minimum absolute atomic E-state index is 0.0559. The Morgan fingerprint density at radius 1 is 0.205 bits per heavy atom. The first kappa shape index (κ1) is 70.4. The van der Waals surface area contributed by atoms with Crippen LogP contribution in [0.2, 0.25) is 0 Å². The van der Waals surface area contributed by atoms with Crippen molar-refractivity contribution in [3.8, 4) is 89.3 Å². The minimum Gasteiger partial charge on any atom is -0.311 e. The van der Waals surface area contributed by atoms with Gasteiger partial charge >= 0.3 is 0 Å². The van der Waals surface area contributed by atoms with Crippen molar-refractivity contribution in [3.63, 3.8) is 0 Å². The summed E-state index contributed by atoms with van der Waals surface area (Å²) < 4.78 is 5.11. The molecule has 117 heavy (non-hydrogen) atoms. The molecule has 0 saturated heterocycles. The highest BCUT2D eigenvalue weighted by atomic mass is 15.2. The maximum Gasteiger partial charge on any atom is 0.252 e. The lowest BCUT2D eigenvalue weighted by molar-refractivity contribution is 0.332. The molecule has 0 amide bonds. The fourth-order valence-electron chi connectivity index (χ4n) is 20.6. The van der Waals surface area contributed by atoms with E-state index in [4.69, 9.17) is 0 Å². The topological polar surface area (TPSA) is 16.3 Å². The van der Waals surface area contributed by atoms with E-state index in [1.807, 2.05) is 0 Å². The van der Waals surface area contributed by atoms with Crippen molar-refractivity contribution in [3.05, 3.63) is 380 Å². The van der Waals surface area contributed by atoms with Crippen LogP contribution < -0.4 is 26.2 Å². The van der Waals surface area contributed by atoms with E-state index >= 15 is 0 Å². The standard InChI is InChI=1S/C112H91BN4/c1-109(2)58-60-111(5,6)96-66-83(38-50-94(96)109)77-34-45-86(46-35-77)114-104-68-85(76-32-22-13-23-33-76)40-52-98(104)113-99-53-49-88(116-100-54-41-79(72-24-14-9-15-25-72)62-90(100)91-63-80(42-55-101(91)116)73-26-16-10-17-27-73)69-105(99)115(87-47-36-78(37-48-87)84-39-51-95-97(67-84)112(7,8)61-59-110(95,3)4)107-71-89(70-106(114)108(107)113)117-102-56-43-81(74-28-18-11-19-29-74)64-92(102)93-65-82(44-57-103(93)117)75-30-20-12-21-31-75/h9-57,62-71H,58-61H2,1-8H3. The van der Waals surface area contributed by atoms with Crippen molar-refractivity contribution in [2.24, 2.45) is 0 Å². The number of hydrogen-bond acceptors (Lipinski definition) is 2. The Morgan fingerprint density at radius 2 is 0.462 bits per heavy atom. The van der Waals surface area contributed by atoms with Gasteiger partial charge in [0.2, 0.25) is 0 Å². The van der Waals surface area contributed by atoms with Crippen molar-refractivity contribution in [1.82, 2.24) is 9.13 Å². The lowest BCUT2D eigenvalue weighted by Crippen LogP contribution is -2.61. The molecule has 0 atom stereocenters. The van der Waals surface area contributed by atoms with Gasteiger partial charge in [-0.1, -0.05) is 310 Å². The molecule has 18 aromatic rings. The van der Waals surface area contributed by atoms with E-state index in [1.54, 1.807) is 0 Å². The average Bonchev–Trinajstić information content (AvgIpc) is 1.42. The molecule has 0 fully saturated rings. The number of nitrogens with zero attached hydrogens (tertiary/aromatic N) is 4. The van der Waals surface area contributed by atoms with Crippen molar-refractivity contribution >= 4 is 101 Å². The summed E-state index contributed by atoms with van der Waals surface area (Å²) >= 11 is 0. The van der Waals surface area contributed by atoms with Gasteiger partial charge in [0, 0.05) is 61.4 Å². The fourth-order valence-corrected chi connectivity index (χ4v) is 20.6. The number of benzene rings is 16. The summed E-state index contributed by atoms with van der Waals surface area (Å²) in [6.45, 7) is 19.3. The second-order valence-corrected chi connectivity index (χ2v) is 36.1. The van der Waals surface area contributed by atoms with E-state index in [0.29, 0.717) is 0 Å². The van der Waals surface area contributed by atoms with Gasteiger partial charge in [-0.3, -0.25) is 0 Å². The number of hydrogen-bond donors (Lipinski definition) is 0. The summed E-state index contributed by atoms with van der Waals surface area (Å²) in [5, 5.41) is 4.81. The van der Waals surface area contributed by atoms with E-state index in [0.717, 1.165) is 86.0 Å². The van der Waals surface area contributed by atoms with E-state index in [9.17, 15) is 0 Å². The summed E-state index contributed by atoms with van der Waals surface area (Å²) in [6, 6.07) is 137. The fraction of sp³-hybridized carbons (Fsp3) is 0.143. The number of fused-ring (bicyclic) bond motifs is 12. The van der Waals surface area contributed by atoms with Crippen molar-refractivity contribution in [2.45, 2.75) is 103 Å². The number of anilines is 6. The third-order valence-electron chi connectivity index (χ3n) is 27.2. The Bertz CT molecular complexity index is 6830. The predicted molar refractivity (Wildman–Crippen MR) is 498 cm³/mol. The first-order valence-corrected chi connectivity index (χ1v) is 42.0. The number of aromatic nitrogens is 2. The van der Waals surface area contributed by atoms with Gasteiger partial charge in [0.1, 0.15) is 0 Å². The zero-order chi connectivity index (χ0) is 78.8. The zero-order valence-electron chi connectivity index (χ0n) is 67.8. The van der Waals surface area contributed by atoms with E-state index in [-0.39, 0.29) is 28.4 Å². The van der Waals surface area contributed by atoms with Gasteiger partial charge in [0.05, 0.1) is 27.8 Å². The number of rotatable bonds is 11. The first-order valence-electron chi connectivity index (χ1n) is 42.0. The van der Waals surface area contributed by atoms with Gasteiger partial charge < -0.3 is 18.9 Å². The van der Waals surface area contributed by atoms with Crippen molar-refractivity contribution in [2.75, 3.05) is 9.80 Å². The SMILES string of the molecule is CC1(C)CCC(C)(C)c2cc(-c3ccc(N4c5cc(-c6ccccc6)ccc5B5c6ccc(-n7c8ccc(-c9ccccc9)cc8c8cc(-c9ccccc9)ccc87)cc6N(c6ccc(-c7ccc8c(c7)C(C)(C)CCC8(C)C)cc6)c6cc(-n7c8ccc(-c9ccccc9)cc8c8cc(-c9ccccc9)ccc87)cc4c65)cc3)ccc21. The van der Waals surface area contributed by atoms with Crippen molar-refractivity contribution < 1.29 is 0 Å². The summed E-state index contributed by atoms with van der Waals surface area (Å²) in [5.41, 5.74) is 40.1. The van der Waals surface area contributed by atoms with Crippen molar-refractivity contribution in [1.29, 1.82) is 0 Å². The quantitative estimate of drug-likeness (QED) is 0.120. The Hall–Kier alpha value is -13.2. The van der Waals surface area contributed by atoms with Crippen LogP contribution in [0.5, 0.6) is 0 Å². The average molecular weight is 1500 g/mol. The summed E-state index contributed by atoms with van der Waals surface area (Å²) in [7, 11) is 0. The van der Waals surface area contributed by atoms with Crippen LogP contribution in [0.4, 0.5) is 34.1 Å². The molecule has 2 aliphatic carbocycles. The van der Waals surface area contributed by atoms with Crippen LogP contribution in [0.1, 0.15) is 103 Å². The Kier molecular flexibility index (Phi) is 16.1. The molecule has 16 aromatic carbocycles. The maximum absolute atomic E-state index is 2.65. The van der Waals surface area contributed by atoms with Crippen LogP contribution in [-0.4, -0.2) is 15.8 Å². The Morgan fingerprint density at radius 3 is 0.821 bits per heavy atom. The summed E-state index contributed by atoms with van der Waals surface area (Å²) in [4.78, 5) is 5.27. The van der Waals surface area contributed by atoms with Gasteiger partial charge in [-0.2, -0.15) is 0 Å². The molecule has 0 unspecified atom stereocenters. The van der Waals surface area contributed by atoms with E-state index < -0.39 is 0 Å². The maximum atomic E-state index is 2.65. The van der Waals surface area contributed by atoms with Gasteiger partial charge in [0.25, 0.3) is 6.71 Å². The second kappa shape index (κ2) is 26.7. The lowest BCUT2D eigenvalue weighted by atomic mass is 9.33. The Balaban J connectivity index is 0.826. The highest BCUT2D eigenvalue weighted by Gasteiger charge is 2.45. The molecular formula is C112H91BN4. The van der Waals surface area contributed by atoms with Crippen LogP contribution in [0.25, 0.3) is 133 Å². The van der Waals surface area contributed by atoms with Crippen LogP contribution in [0, 0.1) is 0 Å². The van der Waals surface area contributed by atoms with Gasteiger partial charge in [0.15, 0.2) is 0 Å². The van der Waals surface area contributed by atoms with Crippen LogP contribution in [-0.2, 0) is 21.7 Å². The molecule has 4 aliphatic rings. The van der Waals surface area contributed by atoms with E-state index in [1.165, 1.54) is 145 Å². The molecule has 2 aliphatic heterocycles. The van der Waals surface area contributed by atoms with Gasteiger partial charge in [-0.05, 0) is 267 Å². The molecular weight excluding hydrogens is 1410 g/mol. The molecule has 0 bridgehead atoms. The third-order valence-corrected chi connectivity index (χ3v) is 27.2. The molecule has 5 heteroatoms. The summed E-state index contributed by atoms with van der Waals surface area (Å²) in [5.74, 6) is 0. The highest BCUT2D eigenvalue weighted by Crippen LogP contribution is 2.53. The molecule has 0 spiro atoms. The minimum atomic E-state index is -0.204. The Labute approximate surface area is 687 Å². The zero-order valence-corrected chi connectivity index (χ0v) is 67.8.